The molecule has 0 aliphatic carbocycles. The fraction of sp³-hybridized carbons (Fsp3) is 0.522. The number of ether oxygens (including phenoxy) is 2. The van der Waals surface area contributed by atoms with Crippen LogP contribution in [0.25, 0.3) is 0 Å². The molecule has 3 amide bonds. The number of carboxylic acids is 1. The number of carboxylic acid groups (broad SMARTS) is 1. The van der Waals surface area contributed by atoms with Crippen LogP contribution in [0.2, 0.25) is 0 Å². The molecule has 1 heterocycles. The Morgan fingerprint density at radius 2 is 1.68 bits per heavy atom. The molecule has 0 bridgehead atoms. The molecule has 34 heavy (non-hydrogen) atoms. The van der Waals surface area contributed by atoms with Gasteiger partial charge in [-0.15, -0.1) is 0 Å². The normalized spacial score (nSPS) is 18.8. The molecule has 1 aliphatic heterocycles. The topological polar surface area (TPSA) is 151 Å². The lowest BCUT2D eigenvalue weighted by Gasteiger charge is -2.24. The monoisotopic (exact) mass is 477 g/mol. The van der Waals surface area contributed by atoms with E-state index in [1.807, 2.05) is 6.07 Å². The van der Waals surface area contributed by atoms with E-state index in [0.29, 0.717) is 0 Å². The predicted molar refractivity (Wildman–Crippen MR) is 120 cm³/mol. The highest BCUT2D eigenvalue weighted by atomic mass is 16.6. The number of hydrogen-bond donors (Lipinski definition) is 3. The van der Waals surface area contributed by atoms with E-state index < -0.39 is 59.6 Å². The number of nitrogens with one attached hydrogen (secondary N) is 2. The highest BCUT2D eigenvalue weighted by Crippen LogP contribution is 2.30. The van der Waals surface area contributed by atoms with Crippen LogP contribution in [0, 0.1) is 0 Å². The summed E-state index contributed by atoms with van der Waals surface area (Å²) in [7, 11) is 0. The summed E-state index contributed by atoms with van der Waals surface area (Å²) in [5.41, 5.74) is -0.0223. The third-order valence-electron chi connectivity index (χ3n) is 4.86. The Bertz CT molecular complexity index is 928. The zero-order valence-electron chi connectivity index (χ0n) is 19.9. The molecule has 0 aromatic heterocycles. The fourth-order valence-electron chi connectivity index (χ4n) is 3.34. The third kappa shape index (κ3) is 7.19. The molecule has 0 unspecified atom stereocenters. The summed E-state index contributed by atoms with van der Waals surface area (Å²) in [5, 5.41) is 14.3. The second-order valence-corrected chi connectivity index (χ2v) is 8.84. The maximum absolute atomic E-state index is 13.0. The summed E-state index contributed by atoms with van der Waals surface area (Å²) >= 11 is 0. The molecule has 1 aromatic rings. The predicted octanol–water partition coefficient (Wildman–Crippen LogP) is 0.854. The van der Waals surface area contributed by atoms with Gasteiger partial charge in [-0.2, -0.15) is 0 Å². The largest absolute Gasteiger partial charge is 0.480 e. The van der Waals surface area contributed by atoms with Crippen LogP contribution < -0.4 is 10.6 Å². The van der Waals surface area contributed by atoms with E-state index in [9.17, 15) is 29.1 Å². The van der Waals surface area contributed by atoms with Gasteiger partial charge in [0.2, 0.25) is 11.8 Å². The maximum Gasteiger partial charge on any atom is 0.408 e. The summed E-state index contributed by atoms with van der Waals surface area (Å²) in [6.45, 7) is 8.02. The van der Waals surface area contributed by atoms with Crippen molar-refractivity contribution in [2.75, 3.05) is 6.61 Å². The quantitative estimate of drug-likeness (QED) is 0.350. The molecule has 4 atom stereocenters. The van der Waals surface area contributed by atoms with Gasteiger partial charge in [0.25, 0.3) is 0 Å². The van der Waals surface area contributed by atoms with Crippen molar-refractivity contribution in [1.29, 1.82) is 0 Å². The molecule has 186 valence electrons. The van der Waals surface area contributed by atoms with Gasteiger partial charge in [0.1, 0.15) is 17.7 Å². The van der Waals surface area contributed by atoms with Gasteiger partial charge in [-0.25, -0.2) is 14.4 Å². The Hall–Kier alpha value is -3.63. The first-order valence-electron chi connectivity index (χ1n) is 10.9. The minimum Gasteiger partial charge on any atom is -0.480 e. The number of amides is 3. The Kier molecular flexibility index (Phi) is 8.61. The van der Waals surface area contributed by atoms with E-state index in [2.05, 4.69) is 10.6 Å². The minimum atomic E-state index is -1.36. The van der Waals surface area contributed by atoms with Crippen LogP contribution in [0.5, 0.6) is 0 Å². The van der Waals surface area contributed by atoms with Crippen molar-refractivity contribution in [2.24, 2.45) is 0 Å². The summed E-state index contributed by atoms with van der Waals surface area (Å²) in [6.07, 6.45) is -0.679. The van der Waals surface area contributed by atoms with Crippen LogP contribution in [0.3, 0.4) is 0 Å². The van der Waals surface area contributed by atoms with Crippen LogP contribution >= 0.6 is 0 Å². The minimum absolute atomic E-state index is 0.0352. The lowest BCUT2D eigenvalue weighted by molar-refractivity contribution is -0.145. The van der Waals surface area contributed by atoms with Crippen LogP contribution in [0.1, 0.15) is 40.2 Å². The Balaban J connectivity index is 2.11. The summed E-state index contributed by atoms with van der Waals surface area (Å²) in [5.74, 6) is -3.60. The number of nitrogens with zero attached hydrogens (tertiary/aromatic N) is 1. The number of alkyl carbamates (subject to hydrolysis) is 1. The summed E-state index contributed by atoms with van der Waals surface area (Å²) < 4.78 is 10.1. The van der Waals surface area contributed by atoms with Gasteiger partial charge in [0.05, 0.1) is 6.61 Å². The van der Waals surface area contributed by atoms with Crippen molar-refractivity contribution >= 4 is 29.8 Å². The van der Waals surface area contributed by atoms with E-state index >= 15 is 0 Å². The standard InChI is InChI=1S/C23H31N3O8/c1-6-33-21(31)17-16(20(29)30)26(17)19(28)13(2)24-18(27)15(12-14-10-8-7-9-11-14)25-22(32)34-23(3,4)5/h7-11,13,15-17H,6,12H2,1-5H3,(H,24,27)(H,25,32)(H,29,30)/t13-,15-,16-,17-,26?/m0/s1. The van der Waals surface area contributed by atoms with Crippen molar-refractivity contribution in [3.8, 4) is 0 Å². The Morgan fingerprint density at radius 3 is 2.21 bits per heavy atom. The van der Waals surface area contributed by atoms with Gasteiger partial charge < -0.3 is 30.1 Å². The highest BCUT2D eigenvalue weighted by molar-refractivity contribution is 6.02. The molecule has 0 radical (unpaired) electrons. The first kappa shape index (κ1) is 26.6. The van der Waals surface area contributed by atoms with E-state index in [0.717, 1.165) is 10.5 Å². The molecule has 11 heteroatoms. The molecule has 0 saturated carbocycles. The molecule has 1 aliphatic rings. The van der Waals surface area contributed by atoms with Gasteiger partial charge in [0.15, 0.2) is 12.1 Å². The van der Waals surface area contributed by atoms with Crippen molar-refractivity contribution in [3.63, 3.8) is 0 Å². The zero-order chi connectivity index (χ0) is 25.6. The van der Waals surface area contributed by atoms with Gasteiger partial charge >= 0.3 is 18.0 Å². The van der Waals surface area contributed by atoms with Crippen LogP contribution in [-0.2, 0) is 35.1 Å². The lowest BCUT2D eigenvalue weighted by atomic mass is 10.0. The van der Waals surface area contributed by atoms with Crippen LogP contribution in [-0.4, -0.2) is 76.2 Å². The number of carbonyl (C=O) groups is 5. The molecule has 0 spiro atoms. The second kappa shape index (κ2) is 11.0. The molecule has 11 nitrogen and oxygen atoms in total. The third-order valence-corrected chi connectivity index (χ3v) is 4.86. The average Bonchev–Trinajstić information content (AvgIpc) is 3.48. The second-order valence-electron chi connectivity index (χ2n) is 8.84. The molecule has 2 rings (SSSR count). The van der Waals surface area contributed by atoms with E-state index in [1.165, 1.54) is 6.92 Å². The molecule has 1 saturated heterocycles. The highest BCUT2D eigenvalue weighted by Gasteiger charge is 2.61. The van der Waals surface area contributed by atoms with E-state index in [1.54, 1.807) is 52.0 Å². The van der Waals surface area contributed by atoms with Gasteiger partial charge in [-0.05, 0) is 40.2 Å². The Labute approximate surface area is 197 Å². The van der Waals surface area contributed by atoms with Crippen molar-refractivity contribution in [2.45, 2.75) is 70.8 Å². The SMILES string of the molecule is CCOC(=O)[C@@H]1[C@@H](C(=O)O)N1C(=O)[C@H](C)NC(=O)[C@H](Cc1ccccc1)NC(=O)OC(C)(C)C. The maximum atomic E-state index is 13.0. The fourth-order valence-corrected chi connectivity index (χ4v) is 3.34. The van der Waals surface area contributed by atoms with Crippen LogP contribution in [0.4, 0.5) is 4.79 Å². The van der Waals surface area contributed by atoms with E-state index in [-0.39, 0.29) is 13.0 Å². The zero-order valence-corrected chi connectivity index (χ0v) is 19.9. The van der Waals surface area contributed by atoms with Gasteiger partial charge in [-0.3, -0.25) is 9.59 Å². The number of rotatable bonds is 9. The molecule has 1 fully saturated rings. The van der Waals surface area contributed by atoms with Crippen LogP contribution in [0.15, 0.2) is 30.3 Å². The summed E-state index contributed by atoms with van der Waals surface area (Å²) in [6, 6.07) is 4.10. The molecule has 3 N–H and O–H groups in total. The Morgan fingerprint density at radius 1 is 1.06 bits per heavy atom. The number of hydrogen-bond acceptors (Lipinski definition) is 7. The van der Waals surface area contributed by atoms with Gasteiger partial charge in [0, 0.05) is 6.42 Å². The van der Waals surface area contributed by atoms with Crippen molar-refractivity contribution < 1.29 is 38.6 Å². The smallest absolute Gasteiger partial charge is 0.408 e. The first-order chi connectivity index (χ1) is 15.9. The van der Waals surface area contributed by atoms with Gasteiger partial charge in [-0.1, -0.05) is 30.3 Å². The number of benzene rings is 1. The average molecular weight is 478 g/mol. The number of aliphatic carboxylic acids is 1. The van der Waals surface area contributed by atoms with E-state index in [4.69, 9.17) is 9.47 Å². The number of carbonyl (C=O) groups excluding carboxylic acids is 4. The first-order valence-corrected chi connectivity index (χ1v) is 10.9. The summed E-state index contributed by atoms with van der Waals surface area (Å²) in [4.78, 5) is 62.4. The molecular formula is C23H31N3O8. The molecular weight excluding hydrogens is 446 g/mol. The van der Waals surface area contributed by atoms with Crippen molar-refractivity contribution in [1.82, 2.24) is 15.5 Å². The lowest BCUT2D eigenvalue weighted by Crippen LogP contribution is -2.53. The van der Waals surface area contributed by atoms with Crippen molar-refractivity contribution in [3.05, 3.63) is 35.9 Å². The molecule has 1 aromatic carbocycles. The number of esters is 1.